The van der Waals surface area contributed by atoms with Gasteiger partial charge in [-0.25, -0.2) is 18.1 Å². The Morgan fingerprint density at radius 3 is 2.25 bits per heavy atom. The highest BCUT2D eigenvalue weighted by molar-refractivity contribution is 7.89. The Balaban J connectivity index is 1.14. The van der Waals surface area contributed by atoms with Crippen molar-refractivity contribution in [3.63, 3.8) is 0 Å². The molecule has 188 valence electrons. The van der Waals surface area contributed by atoms with Crippen molar-refractivity contribution >= 4 is 43.5 Å². The molecule has 2 N–H and O–H groups in total. The van der Waals surface area contributed by atoms with Crippen molar-refractivity contribution < 1.29 is 8.42 Å². The zero-order valence-electron chi connectivity index (χ0n) is 20.8. The van der Waals surface area contributed by atoms with Crippen LogP contribution in [0.1, 0.15) is 25.7 Å². The van der Waals surface area contributed by atoms with Crippen LogP contribution in [-0.4, -0.2) is 45.6 Å². The maximum atomic E-state index is 12.9. The van der Waals surface area contributed by atoms with Crippen LogP contribution >= 0.6 is 0 Å². The number of benzene rings is 3. The molecular formula is C28H33N5O2S. The molecular weight excluding hydrogens is 470 g/mol. The highest BCUT2D eigenvalue weighted by atomic mass is 32.2. The van der Waals surface area contributed by atoms with Crippen LogP contribution in [0.3, 0.4) is 0 Å². The number of sulfonamides is 1. The number of hydrogen-bond donors (Lipinski definition) is 2. The Labute approximate surface area is 213 Å². The maximum Gasteiger partial charge on any atom is 0.240 e. The summed E-state index contributed by atoms with van der Waals surface area (Å²) in [5.74, 6) is 2.44. The second-order valence-electron chi connectivity index (χ2n) is 9.91. The van der Waals surface area contributed by atoms with Crippen LogP contribution in [0.25, 0.3) is 21.7 Å². The molecule has 0 unspecified atom stereocenters. The third-order valence-electron chi connectivity index (χ3n) is 7.12. The van der Waals surface area contributed by atoms with Gasteiger partial charge >= 0.3 is 0 Å². The molecule has 1 aromatic heterocycles. The Morgan fingerprint density at radius 1 is 0.833 bits per heavy atom. The summed E-state index contributed by atoms with van der Waals surface area (Å²) in [5.41, 5.74) is 0.932. The first-order valence-corrected chi connectivity index (χ1v) is 14.0. The Kier molecular flexibility index (Phi) is 7.07. The molecule has 0 atom stereocenters. The Bertz CT molecular complexity index is 1460. The van der Waals surface area contributed by atoms with Crippen LogP contribution in [0.15, 0.2) is 71.6 Å². The number of nitrogens with one attached hydrogen (secondary N) is 2. The molecule has 36 heavy (non-hydrogen) atoms. The lowest BCUT2D eigenvalue weighted by Gasteiger charge is -2.28. The predicted octanol–water partition coefficient (Wildman–Crippen LogP) is 5.05. The average molecular weight is 504 g/mol. The molecule has 1 heterocycles. The highest BCUT2D eigenvalue weighted by Gasteiger charge is 2.24. The fraction of sp³-hybridized carbons (Fsp3) is 0.357. The normalized spacial score (nSPS) is 18.4. The van der Waals surface area contributed by atoms with Crippen LogP contribution in [0.5, 0.6) is 0 Å². The molecule has 1 fully saturated rings. The van der Waals surface area contributed by atoms with E-state index in [-0.39, 0.29) is 0 Å². The van der Waals surface area contributed by atoms with Crippen molar-refractivity contribution in [2.75, 3.05) is 37.4 Å². The largest absolute Gasteiger partial charge is 0.362 e. The minimum Gasteiger partial charge on any atom is -0.362 e. The van der Waals surface area contributed by atoms with Gasteiger partial charge in [-0.3, -0.25) is 0 Å². The zero-order chi connectivity index (χ0) is 25.1. The van der Waals surface area contributed by atoms with Crippen molar-refractivity contribution in [3.05, 3.63) is 66.7 Å². The summed E-state index contributed by atoms with van der Waals surface area (Å²) in [6.45, 7) is 1.30. The summed E-state index contributed by atoms with van der Waals surface area (Å²) in [5, 5.41) is 6.46. The summed E-state index contributed by atoms with van der Waals surface area (Å²) in [6.07, 6.45) is 4.13. The molecule has 3 aromatic carbocycles. The minimum atomic E-state index is -3.52. The molecule has 8 heteroatoms. The van der Waals surface area contributed by atoms with Crippen molar-refractivity contribution in [1.82, 2.24) is 14.7 Å². The van der Waals surface area contributed by atoms with Gasteiger partial charge in [0.1, 0.15) is 5.82 Å². The van der Waals surface area contributed by atoms with Crippen LogP contribution in [0.4, 0.5) is 11.8 Å². The minimum absolute atomic E-state index is 0.326. The molecule has 0 saturated heterocycles. The quantitative estimate of drug-likeness (QED) is 0.350. The molecule has 1 saturated carbocycles. The van der Waals surface area contributed by atoms with Crippen LogP contribution < -0.4 is 14.9 Å². The number of para-hydroxylation sites is 1. The van der Waals surface area contributed by atoms with Crippen molar-refractivity contribution in [2.45, 2.75) is 30.6 Å². The number of fused-ring (bicyclic) bond motifs is 2. The van der Waals surface area contributed by atoms with Gasteiger partial charge in [0.05, 0.1) is 10.4 Å². The molecule has 0 spiro atoms. The number of aromatic nitrogens is 2. The summed E-state index contributed by atoms with van der Waals surface area (Å²) in [6, 6.07) is 21.2. The summed E-state index contributed by atoms with van der Waals surface area (Å²) in [4.78, 5) is 11.8. The van der Waals surface area contributed by atoms with E-state index in [0.717, 1.165) is 59.7 Å². The monoisotopic (exact) mass is 503 g/mol. The molecule has 0 bridgehead atoms. The van der Waals surface area contributed by atoms with E-state index in [4.69, 9.17) is 9.97 Å². The van der Waals surface area contributed by atoms with Gasteiger partial charge in [-0.2, -0.15) is 4.98 Å². The van der Waals surface area contributed by atoms with E-state index in [1.165, 1.54) is 0 Å². The van der Waals surface area contributed by atoms with Gasteiger partial charge in [-0.15, -0.1) is 0 Å². The lowest BCUT2D eigenvalue weighted by atomic mass is 9.82. The zero-order valence-corrected chi connectivity index (χ0v) is 21.6. The van der Waals surface area contributed by atoms with E-state index in [1.54, 1.807) is 12.1 Å². The van der Waals surface area contributed by atoms with Crippen molar-refractivity contribution in [3.8, 4) is 0 Å². The third-order valence-corrected chi connectivity index (χ3v) is 8.54. The average Bonchev–Trinajstić information content (AvgIpc) is 2.90. The second kappa shape index (κ2) is 10.4. The number of hydrogen-bond acceptors (Lipinski definition) is 6. The molecule has 1 aliphatic rings. The fourth-order valence-electron chi connectivity index (χ4n) is 5.00. The van der Waals surface area contributed by atoms with E-state index in [1.807, 2.05) is 73.6 Å². The lowest BCUT2D eigenvalue weighted by Crippen LogP contribution is -2.32. The van der Waals surface area contributed by atoms with Gasteiger partial charge < -0.3 is 10.2 Å². The third kappa shape index (κ3) is 5.44. The Morgan fingerprint density at radius 2 is 1.50 bits per heavy atom. The topological polar surface area (TPSA) is 87.2 Å². The first kappa shape index (κ1) is 24.5. The maximum absolute atomic E-state index is 12.9. The van der Waals surface area contributed by atoms with Gasteiger partial charge in [0, 0.05) is 32.6 Å². The Hall–Kier alpha value is -3.23. The van der Waals surface area contributed by atoms with Crippen LogP contribution in [0.2, 0.25) is 0 Å². The highest BCUT2D eigenvalue weighted by Crippen LogP contribution is 2.30. The summed E-state index contributed by atoms with van der Waals surface area (Å²) >= 11 is 0. The number of rotatable bonds is 8. The molecule has 0 aliphatic heterocycles. The van der Waals surface area contributed by atoms with Gasteiger partial charge in [0.2, 0.25) is 16.0 Å². The molecule has 0 amide bonds. The van der Waals surface area contributed by atoms with Crippen molar-refractivity contribution in [2.24, 2.45) is 11.8 Å². The van der Waals surface area contributed by atoms with Gasteiger partial charge in [0.25, 0.3) is 0 Å². The molecule has 5 rings (SSSR count). The van der Waals surface area contributed by atoms with Crippen LogP contribution in [-0.2, 0) is 10.0 Å². The smallest absolute Gasteiger partial charge is 0.240 e. The van der Waals surface area contributed by atoms with E-state index in [2.05, 4.69) is 10.0 Å². The van der Waals surface area contributed by atoms with E-state index in [0.29, 0.717) is 29.2 Å². The van der Waals surface area contributed by atoms with Crippen LogP contribution in [0, 0.1) is 11.8 Å². The number of anilines is 2. The fourth-order valence-corrected chi connectivity index (χ4v) is 6.15. The first-order chi connectivity index (χ1) is 17.4. The van der Waals surface area contributed by atoms with E-state index >= 15 is 0 Å². The number of nitrogens with zero attached hydrogens (tertiary/aromatic N) is 3. The molecule has 7 nitrogen and oxygen atoms in total. The summed E-state index contributed by atoms with van der Waals surface area (Å²) in [7, 11) is 0.465. The molecule has 1 aliphatic carbocycles. The first-order valence-electron chi connectivity index (χ1n) is 12.6. The van der Waals surface area contributed by atoms with Crippen molar-refractivity contribution in [1.29, 1.82) is 0 Å². The summed E-state index contributed by atoms with van der Waals surface area (Å²) < 4.78 is 28.6. The molecule has 4 aromatic rings. The van der Waals surface area contributed by atoms with E-state index < -0.39 is 10.0 Å². The van der Waals surface area contributed by atoms with E-state index in [9.17, 15) is 8.42 Å². The standard InChI is InChI=1S/C28H33N5O2S/c1-33(2)27-25-9-5-6-10-26(25)31-28(32-27)29-18-20-11-13-21(14-12-20)19-30-36(34,35)24-16-15-22-7-3-4-8-23(22)17-24/h3-10,15-17,20-21,30H,11-14,18-19H2,1-2H3,(H,29,31,32). The lowest BCUT2D eigenvalue weighted by molar-refractivity contribution is 0.284. The molecule has 0 radical (unpaired) electrons. The van der Waals surface area contributed by atoms with Gasteiger partial charge in [-0.05, 0) is 72.6 Å². The second-order valence-corrected chi connectivity index (χ2v) is 11.7. The van der Waals surface area contributed by atoms with Gasteiger partial charge in [0.15, 0.2) is 0 Å². The SMILES string of the molecule is CN(C)c1nc(NCC2CCC(CNS(=O)(=O)c3ccc4ccccc4c3)CC2)nc2ccccc12. The van der Waals surface area contributed by atoms with Gasteiger partial charge in [-0.1, -0.05) is 42.5 Å². The predicted molar refractivity (Wildman–Crippen MR) is 147 cm³/mol.